The molecule has 0 atom stereocenters. The highest BCUT2D eigenvalue weighted by Crippen LogP contribution is 2.20. The Kier molecular flexibility index (Phi) is 5.39. The quantitative estimate of drug-likeness (QED) is 0.806. The van der Waals surface area contributed by atoms with Crippen molar-refractivity contribution in [2.24, 2.45) is 11.3 Å². The molecule has 0 amide bonds. The predicted molar refractivity (Wildman–Crippen MR) is 77.8 cm³/mol. The summed E-state index contributed by atoms with van der Waals surface area (Å²) in [5.41, 5.74) is 1.45. The van der Waals surface area contributed by atoms with Gasteiger partial charge in [-0.25, -0.2) is 0 Å². The summed E-state index contributed by atoms with van der Waals surface area (Å²) in [7, 11) is 0. The number of aromatic nitrogens is 2. The van der Waals surface area contributed by atoms with Crippen LogP contribution in [0, 0.1) is 11.3 Å². The molecule has 0 aliphatic rings. The van der Waals surface area contributed by atoms with E-state index in [4.69, 9.17) is 0 Å². The van der Waals surface area contributed by atoms with E-state index in [0.717, 1.165) is 19.5 Å². The van der Waals surface area contributed by atoms with Crippen molar-refractivity contribution in [2.75, 3.05) is 13.1 Å². The van der Waals surface area contributed by atoms with Crippen LogP contribution in [0.4, 0.5) is 0 Å². The van der Waals surface area contributed by atoms with E-state index >= 15 is 0 Å². The summed E-state index contributed by atoms with van der Waals surface area (Å²) in [5, 5.41) is 8.17. The average Bonchev–Trinajstić information content (AvgIpc) is 2.64. The van der Waals surface area contributed by atoms with Gasteiger partial charge in [0.2, 0.25) is 0 Å². The fourth-order valence-corrected chi connectivity index (χ4v) is 2.01. The molecule has 0 aromatic carbocycles. The number of rotatable bonds is 7. The van der Waals surface area contributed by atoms with E-state index in [2.05, 4.69) is 64.2 Å². The van der Waals surface area contributed by atoms with Gasteiger partial charge in [0, 0.05) is 18.8 Å². The van der Waals surface area contributed by atoms with Crippen molar-refractivity contribution in [3.8, 4) is 0 Å². The normalized spacial score (nSPS) is 12.7. The van der Waals surface area contributed by atoms with Crippen molar-refractivity contribution in [2.45, 2.75) is 54.0 Å². The van der Waals surface area contributed by atoms with Crippen LogP contribution in [0.2, 0.25) is 0 Å². The first-order valence-electron chi connectivity index (χ1n) is 7.05. The summed E-state index contributed by atoms with van der Waals surface area (Å²) < 4.78 is 2.03. The SMILES string of the molecule is CC(C)CNCC(C)(C)Cc1ccn(C(C)C)n1. The number of hydrogen-bond donors (Lipinski definition) is 1. The van der Waals surface area contributed by atoms with Gasteiger partial charge in [-0.15, -0.1) is 0 Å². The van der Waals surface area contributed by atoms with E-state index in [1.54, 1.807) is 0 Å². The molecule has 1 N–H and O–H groups in total. The average molecular weight is 251 g/mol. The van der Waals surface area contributed by atoms with Crippen LogP contribution >= 0.6 is 0 Å². The van der Waals surface area contributed by atoms with Gasteiger partial charge < -0.3 is 5.32 Å². The summed E-state index contributed by atoms with van der Waals surface area (Å²) in [6.45, 7) is 15.5. The summed E-state index contributed by atoms with van der Waals surface area (Å²) in [6.07, 6.45) is 3.11. The highest BCUT2D eigenvalue weighted by Gasteiger charge is 2.19. The van der Waals surface area contributed by atoms with Gasteiger partial charge in [0.05, 0.1) is 5.69 Å². The first kappa shape index (κ1) is 15.2. The molecular weight excluding hydrogens is 222 g/mol. The van der Waals surface area contributed by atoms with Crippen molar-refractivity contribution in [3.05, 3.63) is 18.0 Å². The van der Waals surface area contributed by atoms with Crippen LogP contribution in [0.3, 0.4) is 0 Å². The Labute approximate surface area is 112 Å². The van der Waals surface area contributed by atoms with Gasteiger partial charge >= 0.3 is 0 Å². The van der Waals surface area contributed by atoms with Gasteiger partial charge in [0.1, 0.15) is 0 Å². The van der Waals surface area contributed by atoms with Crippen molar-refractivity contribution < 1.29 is 0 Å². The van der Waals surface area contributed by atoms with Gasteiger partial charge in [-0.05, 0) is 44.2 Å². The Bertz CT molecular complexity index is 350. The van der Waals surface area contributed by atoms with Crippen LogP contribution in [-0.2, 0) is 6.42 Å². The van der Waals surface area contributed by atoms with Crippen molar-refractivity contribution in [1.82, 2.24) is 15.1 Å². The van der Waals surface area contributed by atoms with Crippen molar-refractivity contribution in [3.63, 3.8) is 0 Å². The highest BCUT2D eigenvalue weighted by atomic mass is 15.3. The third kappa shape index (κ3) is 5.21. The molecule has 1 aromatic rings. The Hall–Kier alpha value is -0.830. The molecule has 3 heteroatoms. The van der Waals surface area contributed by atoms with Crippen LogP contribution in [0.5, 0.6) is 0 Å². The minimum atomic E-state index is 0.255. The maximum Gasteiger partial charge on any atom is 0.0630 e. The molecule has 0 radical (unpaired) electrons. The number of nitrogens with zero attached hydrogens (tertiary/aromatic N) is 2. The molecule has 1 rings (SSSR count). The van der Waals surface area contributed by atoms with E-state index < -0.39 is 0 Å². The van der Waals surface area contributed by atoms with Gasteiger partial charge in [0.25, 0.3) is 0 Å². The maximum atomic E-state index is 4.63. The smallest absolute Gasteiger partial charge is 0.0630 e. The molecule has 0 unspecified atom stereocenters. The maximum absolute atomic E-state index is 4.63. The van der Waals surface area contributed by atoms with Crippen molar-refractivity contribution in [1.29, 1.82) is 0 Å². The molecule has 3 nitrogen and oxygen atoms in total. The Morgan fingerprint density at radius 3 is 2.44 bits per heavy atom. The molecule has 0 saturated carbocycles. The lowest BCUT2D eigenvalue weighted by Gasteiger charge is -2.24. The molecule has 1 heterocycles. The van der Waals surface area contributed by atoms with E-state index in [-0.39, 0.29) is 5.41 Å². The van der Waals surface area contributed by atoms with Crippen LogP contribution in [0.15, 0.2) is 12.3 Å². The molecule has 104 valence electrons. The van der Waals surface area contributed by atoms with Crippen LogP contribution in [0.1, 0.15) is 53.3 Å². The van der Waals surface area contributed by atoms with Gasteiger partial charge in [-0.2, -0.15) is 5.10 Å². The van der Waals surface area contributed by atoms with E-state index in [9.17, 15) is 0 Å². The lowest BCUT2D eigenvalue weighted by Crippen LogP contribution is -2.33. The third-order valence-corrected chi connectivity index (χ3v) is 3.01. The second-order valence-corrected chi connectivity index (χ2v) is 6.75. The second-order valence-electron chi connectivity index (χ2n) is 6.75. The molecule has 0 saturated heterocycles. The minimum Gasteiger partial charge on any atom is -0.316 e. The molecular formula is C15H29N3. The molecule has 0 aliphatic carbocycles. The summed E-state index contributed by atoms with van der Waals surface area (Å²) >= 11 is 0. The summed E-state index contributed by atoms with van der Waals surface area (Å²) in [4.78, 5) is 0. The third-order valence-electron chi connectivity index (χ3n) is 3.01. The summed E-state index contributed by atoms with van der Waals surface area (Å²) in [6, 6.07) is 2.59. The topological polar surface area (TPSA) is 29.9 Å². The van der Waals surface area contributed by atoms with Gasteiger partial charge in [-0.1, -0.05) is 27.7 Å². The molecule has 18 heavy (non-hydrogen) atoms. The monoisotopic (exact) mass is 251 g/mol. The van der Waals surface area contributed by atoms with Crippen molar-refractivity contribution >= 4 is 0 Å². The molecule has 0 aliphatic heterocycles. The van der Waals surface area contributed by atoms with Crippen LogP contribution in [0.25, 0.3) is 0 Å². The zero-order valence-electron chi connectivity index (χ0n) is 12.8. The molecule has 1 aromatic heterocycles. The number of hydrogen-bond acceptors (Lipinski definition) is 2. The van der Waals surface area contributed by atoms with Crippen LogP contribution < -0.4 is 5.32 Å². The molecule has 0 fully saturated rings. The second kappa shape index (κ2) is 6.37. The van der Waals surface area contributed by atoms with Gasteiger partial charge in [0.15, 0.2) is 0 Å². The first-order valence-corrected chi connectivity index (χ1v) is 7.05. The lowest BCUT2D eigenvalue weighted by atomic mass is 9.87. The standard InChI is InChI=1S/C15H29N3/c1-12(2)10-16-11-15(5,6)9-14-7-8-18(17-14)13(3)4/h7-8,12-13,16H,9-11H2,1-6H3. The van der Waals surface area contributed by atoms with Gasteiger partial charge in [-0.3, -0.25) is 4.68 Å². The fraction of sp³-hybridized carbons (Fsp3) is 0.800. The first-order chi connectivity index (χ1) is 8.30. The van der Waals surface area contributed by atoms with Crippen LogP contribution in [-0.4, -0.2) is 22.9 Å². The summed E-state index contributed by atoms with van der Waals surface area (Å²) in [5.74, 6) is 0.709. The molecule has 0 bridgehead atoms. The fourth-order valence-electron chi connectivity index (χ4n) is 2.01. The number of nitrogens with one attached hydrogen (secondary N) is 1. The molecule has 0 spiro atoms. The minimum absolute atomic E-state index is 0.255. The Morgan fingerprint density at radius 1 is 1.28 bits per heavy atom. The Balaban J connectivity index is 2.48. The zero-order chi connectivity index (χ0) is 13.8. The van der Waals surface area contributed by atoms with E-state index in [1.165, 1.54) is 5.69 Å². The van der Waals surface area contributed by atoms with E-state index in [0.29, 0.717) is 12.0 Å². The zero-order valence-corrected chi connectivity index (χ0v) is 12.8. The predicted octanol–water partition coefficient (Wildman–Crippen LogP) is 3.28. The Morgan fingerprint density at radius 2 is 1.94 bits per heavy atom. The lowest BCUT2D eigenvalue weighted by molar-refractivity contribution is 0.325. The van der Waals surface area contributed by atoms with E-state index in [1.807, 2.05) is 4.68 Å². The largest absolute Gasteiger partial charge is 0.316 e. The highest BCUT2D eigenvalue weighted by molar-refractivity contribution is 5.03.